The van der Waals surface area contributed by atoms with Crippen molar-refractivity contribution >= 4 is 5.97 Å². The standard InChI is InChI=1S/C26H49NO5/c1-20(2)16-24(28)31-23-14-12-10-8-6-7-9-11-13-15-29-25(18-23)32-26-17-21(3)27(5)19-22(4)30-26/h20-23,25-26H,6-19H2,1-5H3/t21?,22-,23?,25?,26+/m0/s1. The molecule has 0 amide bonds. The van der Waals surface area contributed by atoms with E-state index < -0.39 is 6.29 Å². The monoisotopic (exact) mass is 455 g/mol. The summed E-state index contributed by atoms with van der Waals surface area (Å²) < 4.78 is 24.7. The van der Waals surface area contributed by atoms with Gasteiger partial charge in [-0.25, -0.2) is 0 Å². The zero-order chi connectivity index (χ0) is 23.3. The van der Waals surface area contributed by atoms with Crippen molar-refractivity contribution in [2.75, 3.05) is 20.2 Å². The molecule has 188 valence electrons. The van der Waals surface area contributed by atoms with Crippen molar-refractivity contribution in [3.8, 4) is 0 Å². The summed E-state index contributed by atoms with van der Waals surface area (Å²) in [6.45, 7) is 9.97. The van der Waals surface area contributed by atoms with Crippen LogP contribution >= 0.6 is 0 Å². The summed E-state index contributed by atoms with van der Waals surface area (Å²) in [5.41, 5.74) is 0. The Bertz CT molecular complexity index is 514. The summed E-state index contributed by atoms with van der Waals surface area (Å²) in [6.07, 6.45) is 11.6. The molecule has 0 aromatic rings. The van der Waals surface area contributed by atoms with Crippen molar-refractivity contribution in [1.82, 2.24) is 4.90 Å². The van der Waals surface area contributed by atoms with E-state index in [1.54, 1.807) is 0 Å². The summed E-state index contributed by atoms with van der Waals surface area (Å²) in [6, 6.07) is 0.378. The Morgan fingerprint density at radius 2 is 1.62 bits per heavy atom. The van der Waals surface area contributed by atoms with Gasteiger partial charge in [-0.05, 0) is 46.1 Å². The number of nitrogens with zero attached hydrogens (tertiary/aromatic N) is 1. The fourth-order valence-electron chi connectivity index (χ4n) is 4.58. The van der Waals surface area contributed by atoms with Crippen LogP contribution in [0.5, 0.6) is 0 Å². The molecule has 0 aliphatic carbocycles. The summed E-state index contributed by atoms with van der Waals surface area (Å²) in [4.78, 5) is 14.7. The lowest BCUT2D eigenvalue weighted by Crippen LogP contribution is -2.34. The Morgan fingerprint density at radius 3 is 2.31 bits per heavy atom. The molecule has 6 nitrogen and oxygen atoms in total. The van der Waals surface area contributed by atoms with Crippen LogP contribution in [-0.4, -0.2) is 61.9 Å². The first-order valence-electron chi connectivity index (χ1n) is 13.2. The van der Waals surface area contributed by atoms with Crippen LogP contribution in [0.1, 0.15) is 105 Å². The molecule has 2 fully saturated rings. The smallest absolute Gasteiger partial charge is 0.306 e. The van der Waals surface area contributed by atoms with Gasteiger partial charge in [-0.15, -0.1) is 0 Å². The first kappa shape index (κ1) is 27.6. The molecule has 32 heavy (non-hydrogen) atoms. The predicted molar refractivity (Wildman–Crippen MR) is 127 cm³/mol. The zero-order valence-corrected chi connectivity index (χ0v) is 21.4. The van der Waals surface area contributed by atoms with Gasteiger partial charge in [0.1, 0.15) is 6.10 Å². The number of likely N-dealkylation sites (N-methyl/N-ethyl adjacent to an activating group) is 1. The highest BCUT2D eigenvalue weighted by molar-refractivity contribution is 5.69. The maximum atomic E-state index is 12.4. The van der Waals surface area contributed by atoms with Gasteiger partial charge < -0.3 is 23.8 Å². The Labute approximate surface area is 196 Å². The van der Waals surface area contributed by atoms with Crippen LogP contribution in [-0.2, 0) is 23.7 Å². The van der Waals surface area contributed by atoms with E-state index in [9.17, 15) is 4.79 Å². The normalized spacial score (nSPS) is 32.8. The maximum Gasteiger partial charge on any atom is 0.306 e. The number of ether oxygens (including phenoxy) is 4. The molecule has 0 bridgehead atoms. The van der Waals surface area contributed by atoms with Gasteiger partial charge in [0.2, 0.25) is 0 Å². The summed E-state index contributed by atoms with van der Waals surface area (Å²) in [5, 5.41) is 0. The molecule has 2 rings (SSSR count). The van der Waals surface area contributed by atoms with Crippen LogP contribution in [0.25, 0.3) is 0 Å². The van der Waals surface area contributed by atoms with Crippen molar-refractivity contribution in [3.05, 3.63) is 0 Å². The molecule has 0 aromatic carbocycles. The van der Waals surface area contributed by atoms with Gasteiger partial charge in [0.05, 0.1) is 6.10 Å². The van der Waals surface area contributed by atoms with Gasteiger partial charge in [0.15, 0.2) is 12.6 Å². The molecular weight excluding hydrogens is 406 g/mol. The SMILES string of the molecule is CC(C)CC(=O)OC1CCCCCCCCCCOC(O[C@@H]2CC(C)N(C)C[C@H](C)O2)C1. The van der Waals surface area contributed by atoms with Crippen molar-refractivity contribution in [2.24, 2.45) is 5.92 Å². The molecule has 2 aliphatic heterocycles. The molecule has 6 heteroatoms. The maximum absolute atomic E-state index is 12.4. The van der Waals surface area contributed by atoms with Gasteiger partial charge in [-0.3, -0.25) is 4.79 Å². The highest BCUT2D eigenvalue weighted by Gasteiger charge is 2.30. The fraction of sp³-hybridized carbons (Fsp3) is 0.962. The first-order valence-corrected chi connectivity index (χ1v) is 13.2. The third kappa shape index (κ3) is 11.4. The fourth-order valence-corrected chi connectivity index (χ4v) is 4.58. The lowest BCUT2D eigenvalue weighted by atomic mass is 10.0. The largest absolute Gasteiger partial charge is 0.462 e. The quantitative estimate of drug-likeness (QED) is 0.498. The zero-order valence-electron chi connectivity index (χ0n) is 21.4. The second-order valence-electron chi connectivity index (χ2n) is 10.4. The van der Waals surface area contributed by atoms with Crippen LogP contribution < -0.4 is 0 Å². The molecule has 2 heterocycles. The van der Waals surface area contributed by atoms with Gasteiger partial charge >= 0.3 is 5.97 Å². The Hall–Kier alpha value is -0.690. The van der Waals surface area contributed by atoms with Crippen LogP contribution in [0.15, 0.2) is 0 Å². The Morgan fingerprint density at radius 1 is 0.969 bits per heavy atom. The third-order valence-electron chi connectivity index (χ3n) is 6.57. The number of carbonyl (C=O) groups is 1. The molecule has 0 saturated carbocycles. The molecular formula is C26H49NO5. The Balaban J connectivity index is 2.04. The first-order chi connectivity index (χ1) is 15.3. The number of hydrogen-bond donors (Lipinski definition) is 0. The highest BCUT2D eigenvalue weighted by Crippen LogP contribution is 2.24. The molecule has 0 radical (unpaired) electrons. The summed E-state index contributed by atoms with van der Waals surface area (Å²) in [7, 11) is 2.13. The lowest BCUT2D eigenvalue weighted by molar-refractivity contribution is -0.262. The molecule has 0 aromatic heterocycles. The lowest BCUT2D eigenvalue weighted by Gasteiger charge is -2.29. The third-order valence-corrected chi connectivity index (χ3v) is 6.57. The number of hydrogen-bond acceptors (Lipinski definition) is 6. The van der Waals surface area contributed by atoms with Gasteiger partial charge in [0.25, 0.3) is 0 Å². The van der Waals surface area contributed by atoms with E-state index in [0.29, 0.717) is 31.4 Å². The average Bonchev–Trinajstić information content (AvgIpc) is 2.81. The molecule has 0 N–H and O–H groups in total. The van der Waals surface area contributed by atoms with E-state index in [2.05, 4.69) is 25.8 Å². The highest BCUT2D eigenvalue weighted by atomic mass is 16.8. The van der Waals surface area contributed by atoms with E-state index in [-0.39, 0.29) is 24.5 Å². The predicted octanol–water partition coefficient (Wildman–Crippen LogP) is 5.67. The van der Waals surface area contributed by atoms with Crippen molar-refractivity contribution in [3.63, 3.8) is 0 Å². The van der Waals surface area contributed by atoms with Crippen molar-refractivity contribution < 1.29 is 23.7 Å². The summed E-state index contributed by atoms with van der Waals surface area (Å²) >= 11 is 0. The summed E-state index contributed by atoms with van der Waals surface area (Å²) in [5.74, 6) is 0.183. The van der Waals surface area contributed by atoms with Crippen LogP contribution in [0, 0.1) is 5.92 Å². The second-order valence-corrected chi connectivity index (χ2v) is 10.4. The molecule has 2 saturated heterocycles. The molecule has 3 unspecified atom stereocenters. The van der Waals surface area contributed by atoms with Crippen molar-refractivity contribution in [2.45, 2.75) is 136 Å². The molecule has 0 spiro atoms. The Kier molecular flexibility index (Phi) is 13.1. The minimum Gasteiger partial charge on any atom is -0.462 e. The minimum absolute atomic E-state index is 0.105. The topological polar surface area (TPSA) is 57.2 Å². The van der Waals surface area contributed by atoms with E-state index in [1.165, 1.54) is 38.5 Å². The van der Waals surface area contributed by atoms with Gasteiger partial charge in [-0.2, -0.15) is 0 Å². The van der Waals surface area contributed by atoms with E-state index in [0.717, 1.165) is 32.2 Å². The number of esters is 1. The molecule has 2 aliphatic rings. The molecule has 5 atom stereocenters. The van der Waals surface area contributed by atoms with Crippen molar-refractivity contribution in [1.29, 1.82) is 0 Å². The number of rotatable bonds is 5. The van der Waals surface area contributed by atoms with E-state index in [4.69, 9.17) is 18.9 Å². The minimum atomic E-state index is -0.414. The second kappa shape index (κ2) is 15.3. The van der Waals surface area contributed by atoms with E-state index in [1.807, 2.05) is 13.8 Å². The van der Waals surface area contributed by atoms with E-state index >= 15 is 0 Å². The van der Waals surface area contributed by atoms with Crippen LogP contribution in [0.4, 0.5) is 0 Å². The van der Waals surface area contributed by atoms with Gasteiger partial charge in [0, 0.05) is 38.5 Å². The average molecular weight is 456 g/mol. The van der Waals surface area contributed by atoms with Crippen LogP contribution in [0.2, 0.25) is 0 Å². The van der Waals surface area contributed by atoms with Gasteiger partial charge in [-0.1, -0.05) is 52.4 Å². The number of carbonyl (C=O) groups excluding carboxylic acids is 1. The van der Waals surface area contributed by atoms with Crippen LogP contribution in [0.3, 0.4) is 0 Å².